The number of imidazole rings is 1. The number of nitrogens with one attached hydrogen (secondary N) is 1. The van der Waals surface area contributed by atoms with Crippen LogP contribution in [0.2, 0.25) is 0 Å². The van der Waals surface area contributed by atoms with Crippen LogP contribution in [0.25, 0.3) is 11.4 Å². The summed E-state index contributed by atoms with van der Waals surface area (Å²) in [5.74, 6) is -0.367. The average Bonchev–Trinajstić information content (AvgIpc) is 2.79. The molecular formula is C12H10F3N3O2. The number of H-pyrrole nitrogens is 1. The highest BCUT2D eigenvalue weighted by atomic mass is 19.4. The van der Waals surface area contributed by atoms with Crippen LogP contribution in [-0.4, -0.2) is 28.0 Å². The van der Waals surface area contributed by atoms with Crippen molar-refractivity contribution in [1.29, 1.82) is 0 Å². The van der Waals surface area contributed by atoms with E-state index in [0.717, 1.165) is 12.3 Å². The molecule has 0 bridgehead atoms. The van der Waals surface area contributed by atoms with E-state index in [1.807, 2.05) is 0 Å². The molecule has 106 valence electrons. The van der Waals surface area contributed by atoms with E-state index in [0.29, 0.717) is 11.3 Å². The highest BCUT2D eigenvalue weighted by Crippen LogP contribution is 2.28. The minimum Gasteiger partial charge on any atom is -0.464 e. The van der Waals surface area contributed by atoms with Gasteiger partial charge in [0.2, 0.25) is 0 Å². The topological polar surface area (TPSA) is 67.9 Å². The molecular weight excluding hydrogens is 275 g/mol. The lowest BCUT2D eigenvalue weighted by molar-refractivity contribution is -0.141. The maximum absolute atomic E-state index is 12.4. The first-order valence-electron chi connectivity index (χ1n) is 5.51. The maximum Gasteiger partial charge on any atom is 0.433 e. The van der Waals surface area contributed by atoms with Crippen molar-refractivity contribution in [1.82, 2.24) is 15.0 Å². The van der Waals surface area contributed by atoms with Gasteiger partial charge in [-0.2, -0.15) is 13.2 Å². The molecule has 0 spiro atoms. The summed E-state index contributed by atoms with van der Waals surface area (Å²) >= 11 is 0. The fourth-order valence-corrected chi connectivity index (χ4v) is 1.59. The van der Waals surface area contributed by atoms with Gasteiger partial charge in [-0.15, -0.1) is 0 Å². The molecule has 0 aliphatic carbocycles. The largest absolute Gasteiger partial charge is 0.464 e. The number of nitrogens with zero attached hydrogens (tertiary/aromatic N) is 2. The molecule has 0 fully saturated rings. The molecule has 0 atom stereocenters. The van der Waals surface area contributed by atoms with E-state index in [9.17, 15) is 18.0 Å². The first kappa shape index (κ1) is 14.0. The molecule has 2 rings (SSSR count). The fraction of sp³-hybridized carbons (Fsp3) is 0.250. The summed E-state index contributed by atoms with van der Waals surface area (Å²) in [7, 11) is 1.22. The summed E-state index contributed by atoms with van der Waals surface area (Å²) in [4.78, 5) is 21.5. The van der Waals surface area contributed by atoms with Crippen molar-refractivity contribution in [3.8, 4) is 11.4 Å². The molecule has 0 aromatic carbocycles. The van der Waals surface area contributed by atoms with Crippen LogP contribution in [0, 0.1) is 6.92 Å². The van der Waals surface area contributed by atoms with Gasteiger partial charge in [-0.3, -0.25) is 4.98 Å². The number of aryl methyl sites for hydroxylation is 1. The second-order valence-corrected chi connectivity index (χ2v) is 3.98. The molecule has 2 aromatic rings. The van der Waals surface area contributed by atoms with Gasteiger partial charge in [-0.1, -0.05) is 0 Å². The molecule has 20 heavy (non-hydrogen) atoms. The van der Waals surface area contributed by atoms with Crippen molar-refractivity contribution in [2.45, 2.75) is 13.1 Å². The third kappa shape index (κ3) is 2.63. The number of ether oxygens (including phenoxy) is 1. The molecule has 2 aromatic heterocycles. The summed E-state index contributed by atoms with van der Waals surface area (Å²) in [6, 6.07) is 2.08. The Kier molecular flexibility index (Phi) is 3.47. The molecule has 0 aliphatic rings. The summed E-state index contributed by atoms with van der Waals surface area (Å²) in [5.41, 5.74) is -0.0943. The zero-order valence-corrected chi connectivity index (χ0v) is 10.6. The van der Waals surface area contributed by atoms with Crippen molar-refractivity contribution in [3.05, 3.63) is 35.4 Å². The van der Waals surface area contributed by atoms with Crippen LogP contribution in [0.5, 0.6) is 0 Å². The van der Waals surface area contributed by atoms with Gasteiger partial charge >= 0.3 is 12.1 Å². The molecule has 0 amide bonds. The molecule has 2 heterocycles. The summed E-state index contributed by atoms with van der Waals surface area (Å²) < 4.78 is 41.7. The Balaban J connectivity index is 2.35. The number of rotatable bonds is 2. The first-order chi connectivity index (χ1) is 9.32. The summed E-state index contributed by atoms with van der Waals surface area (Å²) in [6.07, 6.45) is -3.45. The number of methoxy groups -OCH3 is 1. The van der Waals surface area contributed by atoms with E-state index in [2.05, 4.69) is 19.7 Å². The van der Waals surface area contributed by atoms with Crippen LogP contribution in [0.1, 0.15) is 21.9 Å². The second kappa shape index (κ2) is 4.95. The predicted molar refractivity (Wildman–Crippen MR) is 62.9 cm³/mol. The summed E-state index contributed by atoms with van der Waals surface area (Å²) in [6.45, 7) is 1.61. The number of aromatic nitrogens is 3. The number of pyridine rings is 1. The first-order valence-corrected chi connectivity index (χ1v) is 5.51. The minimum absolute atomic E-state index is 0.0856. The Labute approximate surface area is 111 Å². The van der Waals surface area contributed by atoms with E-state index in [-0.39, 0.29) is 11.5 Å². The SMILES string of the molecule is COC(=O)c1nc(-c2ccc(C(F)(F)F)nc2)[nH]c1C. The Hall–Kier alpha value is -2.38. The molecule has 1 N–H and O–H groups in total. The molecule has 0 unspecified atom stereocenters. The van der Waals surface area contributed by atoms with E-state index in [1.165, 1.54) is 13.2 Å². The minimum atomic E-state index is -4.49. The highest BCUT2D eigenvalue weighted by molar-refractivity contribution is 5.89. The van der Waals surface area contributed by atoms with Crippen LogP contribution < -0.4 is 0 Å². The van der Waals surface area contributed by atoms with Crippen LogP contribution >= 0.6 is 0 Å². The van der Waals surface area contributed by atoms with Gasteiger partial charge in [-0.05, 0) is 19.1 Å². The fourth-order valence-electron chi connectivity index (χ4n) is 1.59. The van der Waals surface area contributed by atoms with Crippen molar-refractivity contribution in [3.63, 3.8) is 0 Å². The number of esters is 1. The van der Waals surface area contributed by atoms with E-state index < -0.39 is 17.8 Å². The van der Waals surface area contributed by atoms with Gasteiger partial charge < -0.3 is 9.72 Å². The van der Waals surface area contributed by atoms with Gasteiger partial charge in [0, 0.05) is 17.5 Å². The molecule has 0 saturated carbocycles. The van der Waals surface area contributed by atoms with Gasteiger partial charge in [0.15, 0.2) is 5.69 Å². The zero-order valence-electron chi connectivity index (χ0n) is 10.6. The van der Waals surface area contributed by atoms with Gasteiger partial charge in [-0.25, -0.2) is 9.78 Å². The van der Waals surface area contributed by atoms with Crippen molar-refractivity contribution >= 4 is 5.97 Å². The Morgan fingerprint density at radius 3 is 2.55 bits per heavy atom. The number of halogens is 3. The normalized spacial score (nSPS) is 11.4. The standard InChI is InChI=1S/C12H10F3N3O2/c1-6-9(11(19)20-2)18-10(17-6)7-3-4-8(16-5-7)12(13,14)15/h3-5H,1-2H3,(H,17,18). The van der Waals surface area contributed by atoms with Gasteiger partial charge in [0.1, 0.15) is 11.5 Å². The van der Waals surface area contributed by atoms with Crippen molar-refractivity contribution < 1.29 is 22.7 Å². The third-order valence-corrected chi connectivity index (χ3v) is 2.59. The van der Waals surface area contributed by atoms with Crippen molar-refractivity contribution in [2.24, 2.45) is 0 Å². The van der Waals surface area contributed by atoms with E-state index in [4.69, 9.17) is 0 Å². The molecule has 0 saturated heterocycles. The van der Waals surface area contributed by atoms with E-state index in [1.54, 1.807) is 6.92 Å². The number of hydrogen-bond donors (Lipinski definition) is 1. The van der Waals surface area contributed by atoms with Crippen molar-refractivity contribution in [2.75, 3.05) is 7.11 Å². The number of aromatic amines is 1. The lowest BCUT2D eigenvalue weighted by Crippen LogP contribution is -2.07. The van der Waals surface area contributed by atoms with Crippen LogP contribution in [0.3, 0.4) is 0 Å². The Bertz CT molecular complexity index is 632. The Morgan fingerprint density at radius 2 is 2.05 bits per heavy atom. The van der Waals surface area contributed by atoms with Crippen LogP contribution in [0.4, 0.5) is 13.2 Å². The smallest absolute Gasteiger partial charge is 0.433 e. The zero-order chi connectivity index (χ0) is 14.9. The average molecular weight is 285 g/mol. The molecule has 0 aliphatic heterocycles. The van der Waals surface area contributed by atoms with E-state index >= 15 is 0 Å². The van der Waals surface area contributed by atoms with Crippen LogP contribution in [-0.2, 0) is 10.9 Å². The molecule has 5 nitrogen and oxygen atoms in total. The van der Waals surface area contributed by atoms with Crippen LogP contribution in [0.15, 0.2) is 18.3 Å². The second-order valence-electron chi connectivity index (χ2n) is 3.98. The number of alkyl halides is 3. The summed E-state index contributed by atoms with van der Waals surface area (Å²) in [5, 5.41) is 0. The maximum atomic E-state index is 12.4. The highest BCUT2D eigenvalue weighted by Gasteiger charge is 2.32. The monoisotopic (exact) mass is 285 g/mol. The Morgan fingerprint density at radius 1 is 1.35 bits per heavy atom. The predicted octanol–water partition coefficient (Wildman–Crippen LogP) is 2.59. The van der Waals surface area contributed by atoms with Gasteiger partial charge in [0.05, 0.1) is 7.11 Å². The quantitative estimate of drug-likeness (QED) is 0.861. The third-order valence-electron chi connectivity index (χ3n) is 2.59. The molecule has 8 heteroatoms. The van der Waals surface area contributed by atoms with Gasteiger partial charge in [0.25, 0.3) is 0 Å². The number of carbonyl (C=O) groups is 1. The number of hydrogen-bond acceptors (Lipinski definition) is 4. The molecule has 0 radical (unpaired) electrons. The lowest BCUT2D eigenvalue weighted by atomic mass is 10.2. The number of carbonyl (C=O) groups excluding carboxylic acids is 1. The lowest BCUT2D eigenvalue weighted by Gasteiger charge is -2.05.